The molecule has 3 aromatic heterocycles. The van der Waals surface area contributed by atoms with Gasteiger partial charge >= 0.3 is 0 Å². The van der Waals surface area contributed by atoms with Crippen LogP contribution in [0.4, 0.5) is 0 Å². The number of carbonyl (C=O) groups is 1. The summed E-state index contributed by atoms with van der Waals surface area (Å²) in [5.41, 5.74) is 5.28. The van der Waals surface area contributed by atoms with Gasteiger partial charge in [-0.2, -0.15) is 10.2 Å². The quantitative estimate of drug-likeness (QED) is 0.552. The molecule has 0 aliphatic rings. The summed E-state index contributed by atoms with van der Waals surface area (Å²) in [6.45, 7) is 4.97. The Balaban J connectivity index is 1.40. The van der Waals surface area contributed by atoms with Crippen LogP contribution in [0.3, 0.4) is 0 Å². The molecule has 0 spiro atoms. The number of pyridine rings is 1. The number of carbonyl (C=O) groups excluding carboxylic acids is 1. The van der Waals surface area contributed by atoms with Crippen molar-refractivity contribution in [1.82, 2.24) is 29.9 Å². The molecule has 1 amide bonds. The molecule has 0 saturated heterocycles. The van der Waals surface area contributed by atoms with E-state index in [9.17, 15) is 4.79 Å². The van der Waals surface area contributed by atoms with Crippen LogP contribution in [0.5, 0.6) is 0 Å². The second-order valence-corrected chi connectivity index (χ2v) is 6.78. The summed E-state index contributed by atoms with van der Waals surface area (Å²) in [6.07, 6.45) is 5.11. The number of hydrogen-bond acceptors (Lipinski definition) is 4. The predicted octanol–water partition coefficient (Wildman–Crippen LogP) is 3.18. The van der Waals surface area contributed by atoms with Gasteiger partial charge in [0.05, 0.1) is 35.4 Å². The van der Waals surface area contributed by atoms with Gasteiger partial charge in [-0.1, -0.05) is 18.2 Å². The predicted molar refractivity (Wildman–Crippen MR) is 111 cm³/mol. The van der Waals surface area contributed by atoms with E-state index in [1.807, 2.05) is 67.1 Å². The van der Waals surface area contributed by atoms with E-state index in [4.69, 9.17) is 0 Å². The molecule has 4 aromatic rings. The molecule has 0 atom stereocenters. The van der Waals surface area contributed by atoms with Crippen molar-refractivity contribution >= 4 is 5.91 Å². The number of aromatic nitrogens is 5. The summed E-state index contributed by atoms with van der Waals surface area (Å²) in [5, 5.41) is 12.0. The van der Waals surface area contributed by atoms with E-state index in [0.717, 1.165) is 28.3 Å². The Bertz CT molecular complexity index is 1110. The van der Waals surface area contributed by atoms with Crippen LogP contribution in [-0.2, 0) is 6.54 Å². The minimum Gasteiger partial charge on any atom is -0.350 e. The molecule has 1 aromatic carbocycles. The molecule has 7 heteroatoms. The average Bonchev–Trinajstić information content (AvgIpc) is 3.32. The van der Waals surface area contributed by atoms with Crippen LogP contribution in [0, 0.1) is 13.8 Å². The van der Waals surface area contributed by atoms with Gasteiger partial charge in [-0.25, -0.2) is 4.68 Å². The number of nitrogens with zero attached hydrogens (tertiary/aromatic N) is 5. The third-order valence-corrected chi connectivity index (χ3v) is 4.82. The summed E-state index contributed by atoms with van der Waals surface area (Å²) >= 11 is 0. The summed E-state index contributed by atoms with van der Waals surface area (Å²) in [4.78, 5) is 16.6. The highest BCUT2D eigenvalue weighted by Gasteiger charge is 2.15. The Morgan fingerprint density at radius 3 is 2.59 bits per heavy atom. The third-order valence-electron chi connectivity index (χ3n) is 4.82. The van der Waals surface area contributed by atoms with E-state index in [0.29, 0.717) is 18.7 Å². The SMILES string of the molecule is Cc1cc(-c2ccncc2)nn1CCNC(=O)c1cnn(-c2ccccc2)c1C. The van der Waals surface area contributed by atoms with Gasteiger partial charge in [-0.05, 0) is 44.2 Å². The van der Waals surface area contributed by atoms with Gasteiger partial charge in [0.15, 0.2) is 0 Å². The zero-order valence-corrected chi connectivity index (χ0v) is 16.4. The first-order valence-corrected chi connectivity index (χ1v) is 9.46. The van der Waals surface area contributed by atoms with Crippen molar-refractivity contribution in [2.45, 2.75) is 20.4 Å². The minimum absolute atomic E-state index is 0.135. The van der Waals surface area contributed by atoms with Crippen molar-refractivity contribution in [1.29, 1.82) is 0 Å². The second-order valence-electron chi connectivity index (χ2n) is 6.78. The van der Waals surface area contributed by atoms with Gasteiger partial charge in [0.2, 0.25) is 0 Å². The van der Waals surface area contributed by atoms with Crippen LogP contribution in [0.15, 0.2) is 67.1 Å². The highest BCUT2D eigenvalue weighted by molar-refractivity contribution is 5.95. The molecule has 7 nitrogen and oxygen atoms in total. The number of hydrogen-bond donors (Lipinski definition) is 1. The molecule has 1 N–H and O–H groups in total. The molecule has 0 radical (unpaired) electrons. The molecule has 0 fully saturated rings. The lowest BCUT2D eigenvalue weighted by molar-refractivity contribution is 0.0951. The fraction of sp³-hybridized carbons (Fsp3) is 0.182. The van der Waals surface area contributed by atoms with Crippen molar-refractivity contribution in [3.63, 3.8) is 0 Å². The van der Waals surface area contributed by atoms with Crippen molar-refractivity contribution in [2.75, 3.05) is 6.54 Å². The van der Waals surface area contributed by atoms with Crippen molar-refractivity contribution < 1.29 is 4.79 Å². The highest BCUT2D eigenvalue weighted by atomic mass is 16.1. The maximum atomic E-state index is 12.6. The maximum Gasteiger partial charge on any atom is 0.254 e. The van der Waals surface area contributed by atoms with Crippen LogP contribution in [-0.4, -0.2) is 37.0 Å². The summed E-state index contributed by atoms with van der Waals surface area (Å²) in [5.74, 6) is -0.135. The molecular weight excluding hydrogens is 364 g/mol. The van der Waals surface area contributed by atoms with Crippen LogP contribution in [0.25, 0.3) is 16.9 Å². The molecule has 4 rings (SSSR count). The molecule has 0 aliphatic carbocycles. The zero-order valence-electron chi connectivity index (χ0n) is 16.4. The number of rotatable bonds is 6. The maximum absolute atomic E-state index is 12.6. The van der Waals surface area contributed by atoms with Gasteiger partial charge in [0.1, 0.15) is 0 Å². The zero-order chi connectivity index (χ0) is 20.2. The normalized spacial score (nSPS) is 10.8. The van der Waals surface area contributed by atoms with Gasteiger partial charge in [0.25, 0.3) is 5.91 Å². The summed E-state index contributed by atoms with van der Waals surface area (Å²) < 4.78 is 3.67. The molecular formula is C22H22N6O. The first-order chi connectivity index (χ1) is 14.1. The molecule has 0 saturated carbocycles. The van der Waals surface area contributed by atoms with E-state index in [1.54, 1.807) is 23.3 Å². The van der Waals surface area contributed by atoms with E-state index >= 15 is 0 Å². The minimum atomic E-state index is -0.135. The lowest BCUT2D eigenvalue weighted by atomic mass is 10.2. The number of benzene rings is 1. The van der Waals surface area contributed by atoms with Gasteiger partial charge in [-0.3, -0.25) is 14.5 Å². The number of nitrogens with one attached hydrogen (secondary N) is 1. The van der Waals surface area contributed by atoms with E-state index < -0.39 is 0 Å². The Labute approximate surface area is 169 Å². The number of amides is 1. The Morgan fingerprint density at radius 2 is 1.83 bits per heavy atom. The van der Waals surface area contributed by atoms with Crippen molar-refractivity contribution in [3.8, 4) is 16.9 Å². The van der Waals surface area contributed by atoms with E-state index in [-0.39, 0.29) is 5.91 Å². The number of para-hydroxylation sites is 1. The van der Waals surface area contributed by atoms with Crippen LogP contribution < -0.4 is 5.32 Å². The van der Waals surface area contributed by atoms with Crippen molar-refractivity contribution in [2.24, 2.45) is 0 Å². The lowest BCUT2D eigenvalue weighted by Crippen LogP contribution is -2.28. The third kappa shape index (κ3) is 3.94. The fourth-order valence-electron chi connectivity index (χ4n) is 3.23. The lowest BCUT2D eigenvalue weighted by Gasteiger charge is -2.08. The van der Waals surface area contributed by atoms with E-state index in [1.165, 1.54) is 0 Å². The molecule has 0 bridgehead atoms. The molecule has 29 heavy (non-hydrogen) atoms. The molecule has 146 valence electrons. The topological polar surface area (TPSA) is 77.6 Å². The first-order valence-electron chi connectivity index (χ1n) is 9.46. The monoisotopic (exact) mass is 386 g/mol. The molecule has 0 aliphatic heterocycles. The van der Waals surface area contributed by atoms with Crippen LogP contribution >= 0.6 is 0 Å². The van der Waals surface area contributed by atoms with Gasteiger partial charge in [0, 0.05) is 30.2 Å². The fourth-order valence-corrected chi connectivity index (χ4v) is 3.23. The Morgan fingerprint density at radius 1 is 1.07 bits per heavy atom. The molecule has 0 unspecified atom stereocenters. The first kappa shape index (κ1) is 18.6. The summed E-state index contributed by atoms with van der Waals surface area (Å²) in [7, 11) is 0. The standard InChI is InChI=1S/C22H22N6O/c1-16-14-21(18-8-10-23-11-9-18)26-27(16)13-12-24-22(29)20-15-25-28(17(20)2)19-6-4-3-5-7-19/h3-11,14-15H,12-13H2,1-2H3,(H,24,29). The van der Waals surface area contributed by atoms with E-state index in [2.05, 4.69) is 20.5 Å². The Hall–Kier alpha value is -3.74. The van der Waals surface area contributed by atoms with Crippen molar-refractivity contribution in [3.05, 3.63) is 84.1 Å². The van der Waals surface area contributed by atoms with Crippen LogP contribution in [0.2, 0.25) is 0 Å². The largest absolute Gasteiger partial charge is 0.350 e. The van der Waals surface area contributed by atoms with Gasteiger partial charge in [-0.15, -0.1) is 0 Å². The average molecular weight is 386 g/mol. The smallest absolute Gasteiger partial charge is 0.254 e. The second kappa shape index (κ2) is 8.10. The van der Waals surface area contributed by atoms with Crippen LogP contribution in [0.1, 0.15) is 21.7 Å². The summed E-state index contributed by atoms with van der Waals surface area (Å²) in [6, 6.07) is 15.7. The van der Waals surface area contributed by atoms with Gasteiger partial charge < -0.3 is 5.32 Å². The highest BCUT2D eigenvalue weighted by Crippen LogP contribution is 2.18. The Kier molecular flexibility index (Phi) is 5.20. The molecule has 3 heterocycles. The number of aryl methyl sites for hydroxylation is 1.